The van der Waals surface area contributed by atoms with Gasteiger partial charge in [0.05, 0.1) is 0 Å². The third-order valence-electron chi connectivity index (χ3n) is 3.92. The normalized spacial score (nSPS) is 15.0. The second-order valence-corrected chi connectivity index (χ2v) is 5.18. The van der Waals surface area contributed by atoms with E-state index < -0.39 is 0 Å². The van der Waals surface area contributed by atoms with Gasteiger partial charge < -0.3 is 0 Å². The molecule has 0 bridgehead atoms. The summed E-state index contributed by atoms with van der Waals surface area (Å²) in [5.74, 6) is 1.79. The maximum Gasteiger partial charge on any atom is -0.0326 e. The van der Waals surface area contributed by atoms with Crippen LogP contribution < -0.4 is 0 Å². The molecular formula is C13H28. The summed E-state index contributed by atoms with van der Waals surface area (Å²) in [4.78, 5) is 0. The molecule has 0 saturated heterocycles. The fourth-order valence-corrected chi connectivity index (χ4v) is 2.08. The fourth-order valence-electron chi connectivity index (χ4n) is 2.08. The zero-order valence-electron chi connectivity index (χ0n) is 10.5. The van der Waals surface area contributed by atoms with Gasteiger partial charge >= 0.3 is 0 Å². The molecule has 0 heteroatoms. The van der Waals surface area contributed by atoms with Gasteiger partial charge in [-0.1, -0.05) is 60.8 Å². The Kier molecular flexibility index (Phi) is 5.67. The van der Waals surface area contributed by atoms with Crippen LogP contribution >= 0.6 is 0 Å². The Morgan fingerprint density at radius 2 is 1.38 bits per heavy atom. The Balaban J connectivity index is 4.13. The van der Waals surface area contributed by atoms with Crippen LogP contribution in [-0.2, 0) is 0 Å². The predicted octanol–water partition coefficient (Wildman–Crippen LogP) is 4.89. The zero-order chi connectivity index (χ0) is 10.5. The lowest BCUT2D eigenvalue weighted by Gasteiger charge is -2.34. The summed E-state index contributed by atoms with van der Waals surface area (Å²) in [5.41, 5.74) is 0.533. The van der Waals surface area contributed by atoms with Gasteiger partial charge in [-0.05, 0) is 23.7 Å². The molecule has 0 rings (SSSR count). The number of hydrogen-bond acceptors (Lipinski definition) is 0. The van der Waals surface area contributed by atoms with Crippen LogP contribution in [0.4, 0.5) is 0 Å². The van der Waals surface area contributed by atoms with Crippen molar-refractivity contribution < 1.29 is 0 Å². The Bertz CT molecular complexity index is 120. The second-order valence-electron chi connectivity index (χ2n) is 5.18. The monoisotopic (exact) mass is 184 g/mol. The average Bonchev–Trinajstić information content (AvgIpc) is 2.12. The van der Waals surface area contributed by atoms with Gasteiger partial charge in [-0.25, -0.2) is 0 Å². The van der Waals surface area contributed by atoms with E-state index in [-0.39, 0.29) is 0 Å². The minimum atomic E-state index is 0.533. The minimum Gasteiger partial charge on any atom is -0.0651 e. The van der Waals surface area contributed by atoms with Crippen molar-refractivity contribution in [1.29, 1.82) is 0 Å². The molecule has 0 aromatic carbocycles. The molecule has 0 saturated carbocycles. The highest BCUT2D eigenvalue weighted by atomic mass is 14.3. The highest BCUT2D eigenvalue weighted by Gasteiger charge is 2.26. The van der Waals surface area contributed by atoms with Gasteiger partial charge in [-0.15, -0.1) is 0 Å². The Morgan fingerprint density at radius 3 is 1.69 bits per heavy atom. The predicted molar refractivity (Wildman–Crippen MR) is 61.9 cm³/mol. The molecule has 80 valence electrons. The van der Waals surface area contributed by atoms with E-state index >= 15 is 0 Å². The van der Waals surface area contributed by atoms with Crippen molar-refractivity contribution >= 4 is 0 Å². The molecule has 0 N–H and O–H groups in total. The zero-order valence-corrected chi connectivity index (χ0v) is 10.5. The molecule has 0 aliphatic carbocycles. The van der Waals surface area contributed by atoms with Crippen molar-refractivity contribution in [3.8, 4) is 0 Å². The molecule has 0 amide bonds. The summed E-state index contributed by atoms with van der Waals surface area (Å²) >= 11 is 0. The van der Waals surface area contributed by atoms with Crippen molar-refractivity contribution in [1.82, 2.24) is 0 Å². The van der Waals surface area contributed by atoms with Crippen LogP contribution in [0.1, 0.15) is 67.2 Å². The summed E-state index contributed by atoms with van der Waals surface area (Å²) in [6.45, 7) is 14.2. The first-order valence-corrected chi connectivity index (χ1v) is 5.97. The number of hydrogen-bond donors (Lipinski definition) is 0. The standard InChI is InChI=1S/C13H28/c1-7-11(4)13(5,6)10-12(8-2)9-3/h11-12H,7-10H2,1-6H3. The first kappa shape index (κ1) is 13.0. The SMILES string of the molecule is CCC(CC)CC(C)(C)C(C)CC. The van der Waals surface area contributed by atoms with Crippen molar-refractivity contribution in [3.63, 3.8) is 0 Å². The highest BCUT2D eigenvalue weighted by molar-refractivity contribution is 4.77. The van der Waals surface area contributed by atoms with Gasteiger partial charge in [-0.2, -0.15) is 0 Å². The third kappa shape index (κ3) is 4.15. The molecule has 0 aliphatic heterocycles. The van der Waals surface area contributed by atoms with Crippen LogP contribution in [0.3, 0.4) is 0 Å². The Labute approximate surface area is 85.1 Å². The highest BCUT2D eigenvalue weighted by Crippen LogP contribution is 2.37. The first-order chi connectivity index (χ1) is 5.97. The van der Waals surface area contributed by atoms with Crippen LogP contribution in [0.2, 0.25) is 0 Å². The topological polar surface area (TPSA) is 0 Å². The lowest BCUT2D eigenvalue weighted by atomic mass is 9.71. The maximum atomic E-state index is 2.43. The molecule has 0 nitrogen and oxygen atoms in total. The van der Waals surface area contributed by atoms with Crippen molar-refractivity contribution in [2.45, 2.75) is 67.2 Å². The maximum absolute atomic E-state index is 2.43. The van der Waals surface area contributed by atoms with Crippen molar-refractivity contribution in [2.75, 3.05) is 0 Å². The van der Waals surface area contributed by atoms with Crippen molar-refractivity contribution in [3.05, 3.63) is 0 Å². The molecule has 1 unspecified atom stereocenters. The summed E-state index contributed by atoms with van der Waals surface area (Å²) in [5, 5.41) is 0. The Hall–Kier alpha value is 0. The molecular weight excluding hydrogens is 156 g/mol. The van der Waals surface area contributed by atoms with Gasteiger partial charge in [0.1, 0.15) is 0 Å². The lowest BCUT2D eigenvalue weighted by molar-refractivity contribution is 0.165. The fraction of sp³-hybridized carbons (Fsp3) is 1.00. The van der Waals surface area contributed by atoms with Crippen LogP contribution in [-0.4, -0.2) is 0 Å². The van der Waals surface area contributed by atoms with Gasteiger partial charge in [-0.3, -0.25) is 0 Å². The largest absolute Gasteiger partial charge is 0.0651 e. The van der Waals surface area contributed by atoms with E-state index in [4.69, 9.17) is 0 Å². The molecule has 0 aliphatic rings. The van der Waals surface area contributed by atoms with E-state index in [1.165, 1.54) is 25.7 Å². The van der Waals surface area contributed by atoms with Gasteiger partial charge in [0.2, 0.25) is 0 Å². The van der Waals surface area contributed by atoms with Crippen LogP contribution in [0.25, 0.3) is 0 Å². The molecule has 0 heterocycles. The quantitative estimate of drug-likeness (QED) is 0.551. The molecule has 0 spiro atoms. The minimum absolute atomic E-state index is 0.533. The molecule has 0 radical (unpaired) electrons. The van der Waals surface area contributed by atoms with E-state index in [2.05, 4.69) is 41.5 Å². The first-order valence-electron chi connectivity index (χ1n) is 5.97. The van der Waals surface area contributed by atoms with Crippen molar-refractivity contribution in [2.24, 2.45) is 17.3 Å². The molecule has 1 atom stereocenters. The van der Waals surface area contributed by atoms with Gasteiger partial charge in [0.25, 0.3) is 0 Å². The lowest BCUT2D eigenvalue weighted by Crippen LogP contribution is -2.24. The van der Waals surface area contributed by atoms with E-state index in [0.717, 1.165) is 11.8 Å². The Morgan fingerprint density at radius 1 is 0.923 bits per heavy atom. The second kappa shape index (κ2) is 5.67. The summed E-state index contributed by atoms with van der Waals surface area (Å²) < 4.78 is 0. The summed E-state index contributed by atoms with van der Waals surface area (Å²) in [7, 11) is 0. The van der Waals surface area contributed by atoms with E-state index in [9.17, 15) is 0 Å². The van der Waals surface area contributed by atoms with Gasteiger partial charge in [0, 0.05) is 0 Å². The van der Waals surface area contributed by atoms with E-state index in [1.54, 1.807) is 0 Å². The number of rotatable bonds is 6. The van der Waals surface area contributed by atoms with Gasteiger partial charge in [0.15, 0.2) is 0 Å². The van der Waals surface area contributed by atoms with Crippen LogP contribution in [0.5, 0.6) is 0 Å². The third-order valence-corrected chi connectivity index (χ3v) is 3.92. The summed E-state index contributed by atoms with van der Waals surface area (Å²) in [6.07, 6.45) is 5.40. The summed E-state index contributed by atoms with van der Waals surface area (Å²) in [6, 6.07) is 0. The smallest absolute Gasteiger partial charge is 0.0326 e. The van der Waals surface area contributed by atoms with E-state index in [0.29, 0.717) is 5.41 Å². The molecule has 0 fully saturated rings. The molecule has 0 aromatic rings. The molecule has 13 heavy (non-hydrogen) atoms. The molecule has 0 aromatic heterocycles. The van der Waals surface area contributed by atoms with E-state index in [1.807, 2.05) is 0 Å². The average molecular weight is 184 g/mol. The van der Waals surface area contributed by atoms with Crippen LogP contribution in [0.15, 0.2) is 0 Å². The van der Waals surface area contributed by atoms with Crippen LogP contribution in [0, 0.1) is 17.3 Å².